The van der Waals surface area contributed by atoms with Crippen LogP contribution in [0.4, 0.5) is 0 Å². The second-order valence-corrected chi connectivity index (χ2v) is 9.06. The van der Waals surface area contributed by atoms with Crippen LogP contribution in [0, 0.1) is 0 Å². The van der Waals surface area contributed by atoms with Crippen LogP contribution in [0.3, 0.4) is 0 Å². The number of nitrogens with one attached hydrogen (secondary N) is 1. The first-order valence-corrected chi connectivity index (χ1v) is 11.8. The molecule has 0 aliphatic rings. The smallest absolute Gasteiger partial charge is 0.242 e. The Morgan fingerprint density at radius 3 is 2.23 bits per heavy atom. The highest BCUT2D eigenvalue weighted by molar-refractivity contribution is 7.99. The molecule has 0 aliphatic carbocycles. The molecule has 1 unspecified atom stereocenters. The zero-order chi connectivity index (χ0) is 21.9. The van der Waals surface area contributed by atoms with Crippen LogP contribution in [0.25, 0.3) is 0 Å². The van der Waals surface area contributed by atoms with E-state index in [0.29, 0.717) is 29.6 Å². The largest absolute Gasteiger partial charge is 0.354 e. The molecule has 0 bridgehead atoms. The topological polar surface area (TPSA) is 49.4 Å². The highest BCUT2D eigenvalue weighted by Gasteiger charge is 2.25. The van der Waals surface area contributed by atoms with Gasteiger partial charge in [0.15, 0.2) is 0 Å². The predicted molar refractivity (Wildman–Crippen MR) is 126 cm³/mol. The summed E-state index contributed by atoms with van der Waals surface area (Å²) in [5.41, 5.74) is 0.943. The number of nitrogens with zero attached hydrogens (tertiary/aromatic N) is 1. The van der Waals surface area contributed by atoms with Crippen LogP contribution in [0.15, 0.2) is 53.4 Å². The van der Waals surface area contributed by atoms with E-state index in [0.717, 1.165) is 29.1 Å². The lowest BCUT2D eigenvalue weighted by atomic mass is 10.1. The molecule has 0 aliphatic heterocycles. The number of halogens is 2. The molecule has 2 aromatic carbocycles. The molecule has 4 nitrogen and oxygen atoms in total. The molecule has 2 rings (SSSR count). The van der Waals surface area contributed by atoms with E-state index in [4.69, 9.17) is 23.2 Å². The lowest BCUT2D eigenvalue weighted by Crippen LogP contribution is -2.47. The van der Waals surface area contributed by atoms with Gasteiger partial charge in [-0.05, 0) is 67.5 Å². The quantitative estimate of drug-likeness (QED) is 0.335. The Balaban J connectivity index is 1.96. The average molecular weight is 467 g/mol. The maximum Gasteiger partial charge on any atom is 0.242 e. The summed E-state index contributed by atoms with van der Waals surface area (Å²) in [7, 11) is 0. The van der Waals surface area contributed by atoms with Gasteiger partial charge >= 0.3 is 0 Å². The molecular formula is C23H28Cl2N2O2S. The van der Waals surface area contributed by atoms with Gasteiger partial charge in [0, 0.05) is 34.5 Å². The Morgan fingerprint density at radius 1 is 1.03 bits per heavy atom. The number of hydrogen-bond donors (Lipinski definition) is 1. The number of carbonyl (C=O) groups excluding carboxylic acids is 2. The highest BCUT2D eigenvalue weighted by atomic mass is 35.5. The van der Waals surface area contributed by atoms with Gasteiger partial charge in [-0.25, -0.2) is 0 Å². The minimum absolute atomic E-state index is 0.0270. The number of rotatable bonds is 11. The summed E-state index contributed by atoms with van der Waals surface area (Å²) in [6.07, 6.45) is 1.97. The van der Waals surface area contributed by atoms with E-state index >= 15 is 0 Å². The van der Waals surface area contributed by atoms with Crippen LogP contribution >= 0.6 is 35.0 Å². The van der Waals surface area contributed by atoms with E-state index < -0.39 is 6.04 Å². The van der Waals surface area contributed by atoms with E-state index in [-0.39, 0.29) is 11.8 Å². The Labute approximate surface area is 193 Å². The van der Waals surface area contributed by atoms with Crippen LogP contribution in [0.2, 0.25) is 10.0 Å². The van der Waals surface area contributed by atoms with Crippen molar-refractivity contribution in [2.24, 2.45) is 0 Å². The number of amides is 2. The molecule has 2 amide bonds. The van der Waals surface area contributed by atoms with Crippen molar-refractivity contribution in [3.05, 3.63) is 64.1 Å². The van der Waals surface area contributed by atoms with Crippen molar-refractivity contribution in [1.82, 2.24) is 10.2 Å². The zero-order valence-electron chi connectivity index (χ0n) is 17.4. The lowest BCUT2D eigenvalue weighted by Gasteiger charge is -2.29. The molecule has 7 heteroatoms. The third kappa shape index (κ3) is 8.21. The minimum atomic E-state index is -0.538. The highest BCUT2D eigenvalue weighted by Crippen LogP contribution is 2.22. The van der Waals surface area contributed by atoms with Gasteiger partial charge in [0.1, 0.15) is 6.04 Å². The van der Waals surface area contributed by atoms with Crippen LogP contribution in [-0.2, 0) is 16.1 Å². The first-order valence-electron chi connectivity index (χ1n) is 10.1. The van der Waals surface area contributed by atoms with Crippen LogP contribution < -0.4 is 5.32 Å². The van der Waals surface area contributed by atoms with Crippen molar-refractivity contribution in [2.45, 2.75) is 50.6 Å². The molecule has 0 radical (unpaired) electrons. The average Bonchev–Trinajstić information content (AvgIpc) is 2.75. The molecule has 162 valence electrons. The fourth-order valence-corrected chi connectivity index (χ4v) is 3.96. The maximum absolute atomic E-state index is 13.0. The Bertz CT molecular complexity index is 813. The van der Waals surface area contributed by atoms with Gasteiger partial charge in [-0.15, -0.1) is 11.8 Å². The van der Waals surface area contributed by atoms with Crippen LogP contribution in [0.1, 0.15) is 38.7 Å². The Kier molecular flexibility index (Phi) is 10.6. The van der Waals surface area contributed by atoms with Crippen molar-refractivity contribution in [3.8, 4) is 0 Å². The van der Waals surface area contributed by atoms with Crippen molar-refractivity contribution in [3.63, 3.8) is 0 Å². The van der Waals surface area contributed by atoms with Crippen molar-refractivity contribution in [2.75, 3.05) is 12.3 Å². The molecule has 30 heavy (non-hydrogen) atoms. The van der Waals surface area contributed by atoms with Gasteiger partial charge in [-0.2, -0.15) is 0 Å². The summed E-state index contributed by atoms with van der Waals surface area (Å²) in [5.74, 6) is 0.661. The summed E-state index contributed by atoms with van der Waals surface area (Å²) < 4.78 is 0. The Morgan fingerprint density at radius 2 is 1.63 bits per heavy atom. The van der Waals surface area contributed by atoms with Crippen LogP contribution in [-0.4, -0.2) is 35.1 Å². The molecule has 0 heterocycles. The molecule has 1 atom stereocenters. The fraction of sp³-hybridized carbons (Fsp3) is 0.391. The first-order chi connectivity index (χ1) is 14.4. The summed E-state index contributed by atoms with van der Waals surface area (Å²) in [6.45, 7) is 4.76. The number of thioether (sulfide) groups is 1. The van der Waals surface area contributed by atoms with Crippen molar-refractivity contribution in [1.29, 1.82) is 0 Å². The molecule has 0 spiro atoms. The summed E-state index contributed by atoms with van der Waals surface area (Å²) in [6, 6.07) is 14.5. The third-order valence-corrected chi connectivity index (χ3v) is 6.20. The zero-order valence-corrected chi connectivity index (χ0v) is 19.7. The molecule has 0 saturated carbocycles. The molecule has 2 aromatic rings. The van der Waals surface area contributed by atoms with Gasteiger partial charge in [0.25, 0.3) is 0 Å². The Hall–Kier alpha value is -1.69. The van der Waals surface area contributed by atoms with Gasteiger partial charge in [-0.1, -0.05) is 42.3 Å². The van der Waals surface area contributed by atoms with E-state index in [1.165, 1.54) is 0 Å². The molecule has 0 saturated heterocycles. The third-order valence-electron chi connectivity index (χ3n) is 4.60. The van der Waals surface area contributed by atoms with Gasteiger partial charge in [0.05, 0.1) is 0 Å². The number of hydrogen-bond acceptors (Lipinski definition) is 3. The van der Waals surface area contributed by atoms with E-state index in [2.05, 4.69) is 5.32 Å². The van der Waals surface area contributed by atoms with Crippen molar-refractivity contribution >= 4 is 46.8 Å². The van der Waals surface area contributed by atoms with Gasteiger partial charge in [0.2, 0.25) is 11.8 Å². The number of carbonyl (C=O) groups is 2. The standard InChI is InChI=1S/C23H28Cl2N2O2S/c1-3-14-26-23(29)17(2)27(16-18-6-8-19(24)9-7-18)22(28)5-4-15-30-21-12-10-20(25)11-13-21/h6-13,17H,3-5,14-16H2,1-2H3,(H,26,29). The van der Waals surface area contributed by atoms with Crippen molar-refractivity contribution < 1.29 is 9.59 Å². The van der Waals surface area contributed by atoms with Gasteiger partial charge in [-0.3, -0.25) is 9.59 Å². The minimum Gasteiger partial charge on any atom is -0.354 e. The predicted octanol–water partition coefficient (Wildman–Crippen LogP) is 5.81. The van der Waals surface area contributed by atoms with Gasteiger partial charge < -0.3 is 10.2 Å². The molecule has 1 N–H and O–H groups in total. The lowest BCUT2D eigenvalue weighted by molar-refractivity contribution is -0.140. The van der Waals surface area contributed by atoms with E-state index in [1.54, 1.807) is 35.7 Å². The summed E-state index contributed by atoms with van der Waals surface area (Å²) >= 11 is 13.6. The second-order valence-electron chi connectivity index (χ2n) is 7.02. The molecular weight excluding hydrogens is 439 g/mol. The first kappa shape index (κ1) is 24.6. The van der Waals surface area contributed by atoms with E-state index in [9.17, 15) is 9.59 Å². The van der Waals surface area contributed by atoms with E-state index in [1.807, 2.05) is 43.3 Å². The van der Waals surface area contributed by atoms with Crippen LogP contribution in [0.5, 0.6) is 0 Å². The fourth-order valence-electron chi connectivity index (χ4n) is 2.85. The SMILES string of the molecule is CCCNC(=O)C(C)N(Cc1ccc(Cl)cc1)C(=O)CCCSc1ccc(Cl)cc1. The molecule has 0 aromatic heterocycles. The maximum atomic E-state index is 13.0. The summed E-state index contributed by atoms with van der Waals surface area (Å²) in [4.78, 5) is 28.3. The second kappa shape index (κ2) is 12.9. The number of benzene rings is 2. The summed E-state index contributed by atoms with van der Waals surface area (Å²) in [5, 5.41) is 4.24. The molecule has 0 fully saturated rings. The normalized spacial score (nSPS) is 11.7. The monoisotopic (exact) mass is 466 g/mol.